The number of carboxylic acids is 1. The average Bonchev–Trinajstić information content (AvgIpc) is 3.37. The third-order valence-corrected chi connectivity index (χ3v) is 17.4. The molecule has 18 atom stereocenters. The highest BCUT2D eigenvalue weighted by Crippen LogP contribution is 2.42. The van der Waals surface area contributed by atoms with Crippen LogP contribution >= 0.6 is 0 Å². The number of likely N-dealkylation sites (N-methyl/N-ethyl adjacent to an activating group) is 1. The molecule has 0 bridgehead atoms. The molecule has 1 unspecified atom stereocenters. The SMILES string of the molecule is CC[C@H]1OC(=O)[C@H](C)[C@@H](O[C@H]2C[C@@](C)(OC)[C@@H](OS(=O)(=O)CCNCCOc3ccc4c(=O)c(C(=O)O)cn(N(C)C)c4c3)[C@H](C)O2)[C@H](C)[C@@H](O[C@@H]2O[C@H](C)C[C@H](N(C)C)[C@H]2O)[C@](C)(OC)C[C@@H](C)C(=O)C(C)[C@@H](O)[C@]1(C)O. The molecule has 23 nitrogen and oxygen atoms in total. The van der Waals surface area contributed by atoms with Crippen molar-refractivity contribution in [1.29, 1.82) is 0 Å². The quantitative estimate of drug-likeness (QED) is 0.0768. The molecule has 0 amide bonds. The number of ether oxygens (including phenoxy) is 8. The summed E-state index contributed by atoms with van der Waals surface area (Å²) in [5.74, 6) is -6.45. The van der Waals surface area contributed by atoms with E-state index in [1.807, 2.05) is 25.9 Å². The van der Waals surface area contributed by atoms with Crippen LogP contribution in [0.2, 0.25) is 0 Å². The minimum atomic E-state index is -4.24. The van der Waals surface area contributed by atoms with Crippen LogP contribution in [0.5, 0.6) is 5.75 Å². The average molecular weight is 1130 g/mol. The minimum absolute atomic E-state index is 0.0208. The van der Waals surface area contributed by atoms with Crippen molar-refractivity contribution < 1.29 is 85.3 Å². The molecule has 24 heteroatoms. The fraction of sp³-hybridized carbons (Fsp3) is 0.778. The number of Topliss-reactive ketones (excluding diaryl/α,β-unsaturated/α-hetero) is 1. The van der Waals surface area contributed by atoms with Crippen molar-refractivity contribution in [2.45, 2.75) is 179 Å². The lowest BCUT2D eigenvalue weighted by Crippen LogP contribution is -2.62. The van der Waals surface area contributed by atoms with Gasteiger partial charge in [0.25, 0.3) is 10.1 Å². The maximum Gasteiger partial charge on any atom is 0.341 e. The Morgan fingerprint density at radius 3 is 2.13 bits per heavy atom. The molecular weight excluding hydrogens is 1040 g/mol. The number of hydrogen-bond donors (Lipinski definition) is 5. The summed E-state index contributed by atoms with van der Waals surface area (Å²) in [5, 5.41) is 49.6. The van der Waals surface area contributed by atoms with Crippen LogP contribution in [0.1, 0.15) is 105 Å². The fourth-order valence-corrected chi connectivity index (χ4v) is 12.6. The number of aromatic carboxylic acids is 1. The number of aliphatic hydroxyl groups excluding tert-OH is 2. The van der Waals surface area contributed by atoms with E-state index in [9.17, 15) is 48.0 Å². The second kappa shape index (κ2) is 26.4. The van der Waals surface area contributed by atoms with Crippen molar-refractivity contribution >= 4 is 38.7 Å². The number of aromatic nitrogens is 1. The highest BCUT2D eigenvalue weighted by molar-refractivity contribution is 7.86. The van der Waals surface area contributed by atoms with Crippen LogP contribution in [-0.2, 0) is 57.0 Å². The molecule has 3 aliphatic rings. The first-order valence-electron chi connectivity index (χ1n) is 26.8. The highest BCUT2D eigenvalue weighted by atomic mass is 32.2. The molecule has 0 aliphatic carbocycles. The number of hydrogen-bond acceptors (Lipinski definition) is 21. The maximum atomic E-state index is 14.6. The van der Waals surface area contributed by atoms with E-state index in [1.165, 1.54) is 45.0 Å². The minimum Gasteiger partial charge on any atom is -0.492 e. The first-order valence-corrected chi connectivity index (χ1v) is 28.4. The first-order chi connectivity index (χ1) is 36.3. The monoisotopic (exact) mass is 1130 g/mol. The van der Waals surface area contributed by atoms with Gasteiger partial charge in [-0.3, -0.25) is 23.2 Å². The third-order valence-electron chi connectivity index (χ3n) is 16.2. The van der Waals surface area contributed by atoms with Gasteiger partial charge in [-0.05, 0) is 87.0 Å². The number of cyclic esters (lactones) is 1. The van der Waals surface area contributed by atoms with Crippen molar-refractivity contribution in [2.24, 2.45) is 23.7 Å². The summed E-state index contributed by atoms with van der Waals surface area (Å²) in [4.78, 5) is 55.2. The lowest BCUT2D eigenvalue weighted by Gasteiger charge is -2.50. The molecule has 78 heavy (non-hydrogen) atoms. The van der Waals surface area contributed by atoms with Gasteiger partial charge in [0.2, 0.25) is 5.43 Å². The van der Waals surface area contributed by atoms with Crippen molar-refractivity contribution in [3.63, 3.8) is 0 Å². The van der Waals surface area contributed by atoms with E-state index in [0.29, 0.717) is 17.7 Å². The zero-order valence-electron chi connectivity index (χ0n) is 48.3. The van der Waals surface area contributed by atoms with Gasteiger partial charge in [-0.15, -0.1) is 0 Å². The molecule has 0 saturated carbocycles. The van der Waals surface area contributed by atoms with Gasteiger partial charge in [-0.2, -0.15) is 8.42 Å². The van der Waals surface area contributed by atoms with E-state index < -0.39 is 129 Å². The summed E-state index contributed by atoms with van der Waals surface area (Å²) in [5.41, 5.74) is -5.36. The Labute approximate surface area is 459 Å². The molecule has 1 aromatic heterocycles. The lowest BCUT2D eigenvalue weighted by atomic mass is 9.74. The lowest BCUT2D eigenvalue weighted by molar-refractivity contribution is -0.317. The third kappa shape index (κ3) is 14.6. The number of ketones is 1. The Bertz CT molecular complexity index is 2550. The van der Waals surface area contributed by atoms with Crippen LogP contribution in [0.4, 0.5) is 0 Å². The fourth-order valence-electron chi connectivity index (χ4n) is 11.4. The zero-order valence-corrected chi connectivity index (χ0v) is 49.1. The summed E-state index contributed by atoms with van der Waals surface area (Å²) in [7, 11) is 5.72. The predicted molar refractivity (Wildman–Crippen MR) is 287 cm³/mol. The van der Waals surface area contributed by atoms with Crippen LogP contribution in [0.15, 0.2) is 29.2 Å². The topological polar surface area (TPSA) is 290 Å². The summed E-state index contributed by atoms with van der Waals surface area (Å²) in [6.45, 7) is 16.8. The van der Waals surface area contributed by atoms with Gasteiger partial charge < -0.3 is 73.5 Å². The summed E-state index contributed by atoms with van der Waals surface area (Å²) >= 11 is 0. The Kier molecular flexibility index (Phi) is 21.9. The van der Waals surface area contributed by atoms with Gasteiger partial charge in [0.1, 0.15) is 47.6 Å². The van der Waals surface area contributed by atoms with Gasteiger partial charge in [0.05, 0.1) is 58.9 Å². The molecule has 3 saturated heterocycles. The van der Waals surface area contributed by atoms with Gasteiger partial charge in [-0.1, -0.05) is 27.7 Å². The van der Waals surface area contributed by atoms with E-state index in [0.717, 1.165) is 0 Å². The van der Waals surface area contributed by atoms with Crippen molar-refractivity contribution in [3.8, 4) is 5.75 Å². The molecule has 0 spiro atoms. The Morgan fingerprint density at radius 1 is 0.897 bits per heavy atom. The number of nitrogens with zero attached hydrogens (tertiary/aromatic N) is 3. The Morgan fingerprint density at radius 2 is 1.54 bits per heavy atom. The largest absolute Gasteiger partial charge is 0.492 e. The van der Waals surface area contributed by atoms with E-state index in [-0.39, 0.29) is 67.8 Å². The van der Waals surface area contributed by atoms with Crippen LogP contribution in [0, 0.1) is 23.7 Å². The number of carbonyl (C=O) groups excluding carboxylic acids is 2. The molecule has 1 aromatic carbocycles. The molecule has 444 valence electrons. The number of esters is 1. The number of carbonyl (C=O) groups is 3. The molecule has 3 aliphatic heterocycles. The standard InChI is InChI=1S/C54H88N4O19S/c1-17-40-54(10,66)46(62)31(4)42(59)29(2)26-52(8,69-15)47(76-51-44(61)39(56(11)12)24-30(3)72-51)32(5)45(33(6)50(65)74-40)75-41-27-53(9,70-16)48(34(7)73-41)77-78(67,68)23-21-55-20-22-71-35-18-19-36-38(25-35)58(57(13)14)28-37(43(36)60)49(63)64/h18-19,25,28-34,39-41,44-48,51,55,61-62,66H,17,20-24,26-27H2,1-16H3,(H,63,64)/t29-,30-,31?,32+,33-,34+,39+,40-,41+,44-,45+,46-,47-,48+,51+,52-,53-,54-/m1/s1. The highest BCUT2D eigenvalue weighted by Gasteiger charge is 2.55. The van der Waals surface area contributed by atoms with Crippen LogP contribution in [0.3, 0.4) is 0 Å². The second-order valence-corrected chi connectivity index (χ2v) is 24.3. The molecule has 4 heterocycles. The molecule has 2 aromatic rings. The normalized spacial score (nSPS) is 36.7. The van der Waals surface area contributed by atoms with Gasteiger partial charge in [-0.25, -0.2) is 4.79 Å². The van der Waals surface area contributed by atoms with E-state index in [2.05, 4.69) is 5.32 Å². The van der Waals surface area contributed by atoms with Crippen molar-refractivity contribution in [2.75, 3.05) is 72.9 Å². The van der Waals surface area contributed by atoms with Crippen molar-refractivity contribution in [1.82, 2.24) is 14.9 Å². The van der Waals surface area contributed by atoms with Gasteiger partial charge in [0, 0.05) is 89.3 Å². The van der Waals surface area contributed by atoms with Crippen LogP contribution in [-0.4, -0.2) is 208 Å². The molecule has 5 rings (SSSR count). The summed E-state index contributed by atoms with van der Waals surface area (Å²) < 4.78 is 85.5. The van der Waals surface area contributed by atoms with Gasteiger partial charge >= 0.3 is 11.9 Å². The number of methoxy groups -OCH3 is 2. The Hall–Kier alpha value is -3.89. The molecule has 3 fully saturated rings. The number of fused-ring (bicyclic) bond motifs is 1. The molecular formula is C54H88N4O19S. The number of nitrogens with one attached hydrogen (secondary N) is 1. The summed E-state index contributed by atoms with van der Waals surface area (Å²) in [6.07, 6.45) is -9.43. The van der Waals surface area contributed by atoms with Crippen LogP contribution in [0.25, 0.3) is 10.9 Å². The first kappa shape index (κ1) is 64.9. The van der Waals surface area contributed by atoms with E-state index in [1.54, 1.807) is 79.7 Å². The number of pyridine rings is 1. The predicted octanol–water partition coefficient (Wildman–Crippen LogP) is 2.67. The number of rotatable bonds is 19. The molecule has 5 N–H and O–H groups in total. The zero-order chi connectivity index (χ0) is 58.6. The Balaban J connectivity index is 1.37. The van der Waals surface area contributed by atoms with Crippen molar-refractivity contribution in [3.05, 3.63) is 40.2 Å². The number of carboxylic acid groups (broad SMARTS) is 1. The van der Waals surface area contributed by atoms with Gasteiger partial charge in [0.15, 0.2) is 12.6 Å². The number of benzene rings is 1. The second-order valence-electron chi connectivity index (χ2n) is 22.6. The van der Waals surface area contributed by atoms with Crippen LogP contribution < -0.4 is 20.5 Å². The summed E-state index contributed by atoms with van der Waals surface area (Å²) in [6, 6.07) is 4.30. The van der Waals surface area contributed by atoms with E-state index >= 15 is 0 Å². The van der Waals surface area contributed by atoms with E-state index in [4.69, 9.17) is 42.1 Å². The smallest absolute Gasteiger partial charge is 0.341 e. The number of aliphatic hydroxyl groups is 3. The molecule has 0 radical (unpaired) electrons. The maximum absolute atomic E-state index is 14.6.